The van der Waals surface area contributed by atoms with Crippen molar-refractivity contribution in [1.82, 2.24) is 4.90 Å². The number of hydrogen-bond acceptors (Lipinski definition) is 2. The average Bonchev–Trinajstić information content (AvgIpc) is 2.00. The summed E-state index contributed by atoms with van der Waals surface area (Å²) in [7, 11) is 0. The van der Waals surface area contributed by atoms with Gasteiger partial charge in [-0.15, -0.1) is 0 Å². The second kappa shape index (κ2) is 4.19. The first-order chi connectivity index (χ1) is 6.69. The maximum atomic E-state index is 5.65. The summed E-state index contributed by atoms with van der Waals surface area (Å²) in [4.78, 5) is 2.66. The van der Waals surface area contributed by atoms with Crippen molar-refractivity contribution in [3.8, 4) is 0 Å². The van der Waals surface area contributed by atoms with Crippen molar-refractivity contribution >= 4 is 0 Å². The van der Waals surface area contributed by atoms with Crippen LogP contribution in [-0.2, 0) is 0 Å². The van der Waals surface area contributed by atoms with E-state index >= 15 is 0 Å². The zero-order valence-electron chi connectivity index (χ0n) is 9.58. The van der Waals surface area contributed by atoms with E-state index in [0.29, 0.717) is 0 Å². The fraction of sp³-hybridized carbons (Fsp3) is 1.00. The molecule has 1 aliphatic heterocycles. The van der Waals surface area contributed by atoms with Crippen LogP contribution in [0.5, 0.6) is 0 Å². The van der Waals surface area contributed by atoms with Crippen LogP contribution in [0.15, 0.2) is 0 Å². The molecule has 14 heavy (non-hydrogen) atoms. The Labute approximate surface area is 87.8 Å². The van der Waals surface area contributed by atoms with Crippen LogP contribution in [0.25, 0.3) is 0 Å². The molecule has 0 spiro atoms. The summed E-state index contributed by atoms with van der Waals surface area (Å²) in [6, 6.07) is 0.872. The van der Waals surface area contributed by atoms with Gasteiger partial charge in [-0.3, -0.25) is 4.90 Å². The third-order valence-corrected chi connectivity index (χ3v) is 3.99. The molecule has 0 aromatic heterocycles. The number of likely N-dealkylation sites (tertiary alicyclic amines) is 1. The first kappa shape index (κ1) is 10.4. The Morgan fingerprint density at radius 1 is 1.07 bits per heavy atom. The van der Waals surface area contributed by atoms with Gasteiger partial charge in [-0.1, -0.05) is 13.8 Å². The van der Waals surface area contributed by atoms with Gasteiger partial charge in [-0.05, 0) is 43.6 Å². The van der Waals surface area contributed by atoms with Crippen LogP contribution in [0.4, 0.5) is 0 Å². The predicted octanol–water partition coefficient (Wildman–Crippen LogP) is 1.70. The molecule has 2 fully saturated rings. The lowest BCUT2D eigenvalue weighted by Crippen LogP contribution is -2.55. The lowest BCUT2D eigenvalue weighted by molar-refractivity contribution is 0.0184. The Bertz CT molecular complexity index is 177. The predicted molar refractivity (Wildman–Crippen MR) is 60.1 cm³/mol. The molecule has 2 aliphatic rings. The van der Waals surface area contributed by atoms with Gasteiger partial charge in [0.25, 0.3) is 0 Å². The normalized spacial score (nSPS) is 40.9. The first-order valence-corrected chi connectivity index (χ1v) is 6.13. The first-order valence-electron chi connectivity index (χ1n) is 6.13. The highest BCUT2D eigenvalue weighted by atomic mass is 15.2. The molecule has 1 heterocycles. The third-order valence-electron chi connectivity index (χ3n) is 3.99. The summed E-state index contributed by atoms with van der Waals surface area (Å²) in [6.07, 6.45) is 4.27. The Hall–Kier alpha value is -0.0800. The number of hydrogen-bond donors (Lipinski definition) is 1. The van der Waals surface area contributed by atoms with E-state index in [-0.39, 0.29) is 0 Å². The quantitative estimate of drug-likeness (QED) is 0.728. The van der Waals surface area contributed by atoms with Crippen molar-refractivity contribution < 1.29 is 0 Å². The molecule has 2 nitrogen and oxygen atoms in total. The minimum absolute atomic E-state index is 0.794. The van der Waals surface area contributed by atoms with E-state index in [0.717, 1.165) is 30.3 Å². The van der Waals surface area contributed by atoms with Crippen LogP contribution in [0, 0.1) is 17.8 Å². The Morgan fingerprint density at radius 3 is 2.14 bits per heavy atom. The minimum atomic E-state index is 0.794. The molecule has 0 amide bonds. The van der Waals surface area contributed by atoms with Crippen LogP contribution in [0.2, 0.25) is 0 Å². The highest BCUT2D eigenvalue weighted by Gasteiger charge is 2.35. The van der Waals surface area contributed by atoms with Gasteiger partial charge in [0, 0.05) is 19.1 Å². The lowest BCUT2D eigenvalue weighted by atomic mass is 9.78. The summed E-state index contributed by atoms with van der Waals surface area (Å²) < 4.78 is 0. The van der Waals surface area contributed by atoms with E-state index in [1.54, 1.807) is 0 Å². The van der Waals surface area contributed by atoms with Gasteiger partial charge in [-0.25, -0.2) is 0 Å². The van der Waals surface area contributed by atoms with Crippen molar-refractivity contribution in [2.45, 2.75) is 39.2 Å². The molecule has 0 aromatic rings. The van der Waals surface area contributed by atoms with Gasteiger partial charge >= 0.3 is 0 Å². The van der Waals surface area contributed by atoms with Crippen molar-refractivity contribution in [3.63, 3.8) is 0 Å². The summed E-state index contributed by atoms with van der Waals surface area (Å²) in [5.41, 5.74) is 5.65. The van der Waals surface area contributed by atoms with Crippen LogP contribution in [0.3, 0.4) is 0 Å². The summed E-state index contributed by atoms with van der Waals surface area (Å²) >= 11 is 0. The van der Waals surface area contributed by atoms with Crippen molar-refractivity contribution in [3.05, 3.63) is 0 Å². The molecule has 1 saturated heterocycles. The van der Waals surface area contributed by atoms with Gasteiger partial charge in [0.2, 0.25) is 0 Å². The molecule has 0 aromatic carbocycles. The number of nitrogens with zero attached hydrogens (tertiary/aromatic N) is 1. The van der Waals surface area contributed by atoms with Crippen LogP contribution in [-0.4, -0.2) is 30.6 Å². The molecule has 2 heteroatoms. The maximum Gasteiger partial charge on any atom is 0.0101 e. The standard InChI is InChI=1S/C12H24N2/c1-9-3-10(2)5-12(4-9)14-7-11(6-13)8-14/h9-12H,3-8,13H2,1-2H3. The molecule has 0 radical (unpaired) electrons. The maximum absolute atomic E-state index is 5.65. The number of rotatable bonds is 2. The fourth-order valence-corrected chi connectivity index (χ4v) is 3.26. The highest BCUT2D eigenvalue weighted by molar-refractivity contribution is 4.89. The van der Waals surface area contributed by atoms with E-state index in [1.165, 1.54) is 32.4 Å². The summed E-state index contributed by atoms with van der Waals surface area (Å²) in [5, 5.41) is 0. The van der Waals surface area contributed by atoms with Gasteiger partial charge in [-0.2, -0.15) is 0 Å². The minimum Gasteiger partial charge on any atom is -0.330 e. The molecule has 1 saturated carbocycles. The topological polar surface area (TPSA) is 29.3 Å². The smallest absolute Gasteiger partial charge is 0.0101 e. The van der Waals surface area contributed by atoms with E-state index in [9.17, 15) is 0 Å². The molecule has 0 bridgehead atoms. The van der Waals surface area contributed by atoms with E-state index in [1.807, 2.05) is 0 Å². The molecular formula is C12H24N2. The molecule has 2 rings (SSSR count). The zero-order chi connectivity index (χ0) is 10.1. The van der Waals surface area contributed by atoms with Crippen LogP contribution in [0.1, 0.15) is 33.1 Å². The Morgan fingerprint density at radius 2 is 1.64 bits per heavy atom. The largest absolute Gasteiger partial charge is 0.330 e. The average molecular weight is 196 g/mol. The zero-order valence-corrected chi connectivity index (χ0v) is 9.58. The van der Waals surface area contributed by atoms with Crippen LogP contribution < -0.4 is 5.73 Å². The fourth-order valence-electron chi connectivity index (χ4n) is 3.26. The number of nitrogens with two attached hydrogens (primary N) is 1. The van der Waals surface area contributed by atoms with E-state index in [2.05, 4.69) is 18.7 Å². The molecule has 2 atom stereocenters. The van der Waals surface area contributed by atoms with Crippen LogP contribution >= 0.6 is 0 Å². The lowest BCUT2D eigenvalue weighted by Gasteiger charge is -2.47. The monoisotopic (exact) mass is 196 g/mol. The molecule has 2 N–H and O–H groups in total. The van der Waals surface area contributed by atoms with Gasteiger partial charge < -0.3 is 5.73 Å². The Kier molecular flexibility index (Phi) is 3.13. The Balaban J connectivity index is 1.81. The molecule has 82 valence electrons. The second-order valence-corrected chi connectivity index (χ2v) is 5.63. The summed E-state index contributed by atoms with van der Waals surface area (Å²) in [5.74, 6) is 2.66. The van der Waals surface area contributed by atoms with E-state index in [4.69, 9.17) is 5.73 Å². The highest BCUT2D eigenvalue weighted by Crippen LogP contribution is 2.34. The molecule has 1 aliphatic carbocycles. The second-order valence-electron chi connectivity index (χ2n) is 5.63. The van der Waals surface area contributed by atoms with Crippen molar-refractivity contribution in [2.75, 3.05) is 19.6 Å². The van der Waals surface area contributed by atoms with Gasteiger partial charge in [0.15, 0.2) is 0 Å². The van der Waals surface area contributed by atoms with Gasteiger partial charge in [0.05, 0.1) is 0 Å². The van der Waals surface area contributed by atoms with Crippen molar-refractivity contribution in [1.29, 1.82) is 0 Å². The molecular weight excluding hydrogens is 172 g/mol. The third kappa shape index (κ3) is 2.12. The van der Waals surface area contributed by atoms with E-state index < -0.39 is 0 Å². The molecule has 2 unspecified atom stereocenters. The van der Waals surface area contributed by atoms with Crippen molar-refractivity contribution in [2.24, 2.45) is 23.5 Å². The van der Waals surface area contributed by atoms with Gasteiger partial charge in [0.1, 0.15) is 0 Å². The SMILES string of the molecule is CC1CC(C)CC(N2CC(CN)C2)C1. The summed E-state index contributed by atoms with van der Waals surface area (Å²) in [6.45, 7) is 8.22.